The molecule has 6 heteroatoms. The summed E-state index contributed by atoms with van der Waals surface area (Å²) in [4.78, 5) is 12.2. The topological polar surface area (TPSA) is 81.6 Å². The molecule has 2 N–H and O–H groups in total. The second-order valence-corrected chi connectivity index (χ2v) is 6.71. The third kappa shape index (κ3) is 3.10. The second-order valence-electron chi connectivity index (χ2n) is 6.71. The van der Waals surface area contributed by atoms with Crippen molar-refractivity contribution in [3.63, 3.8) is 0 Å². The second kappa shape index (κ2) is 6.72. The number of nitrogens with zero attached hydrogens (tertiary/aromatic N) is 3. The van der Waals surface area contributed by atoms with Gasteiger partial charge in [-0.25, -0.2) is 5.01 Å². The van der Waals surface area contributed by atoms with Gasteiger partial charge < -0.3 is 5.11 Å². The molecule has 0 fully saturated rings. The number of para-hydroxylation sites is 1. The molecule has 1 atom stereocenters. The van der Waals surface area contributed by atoms with Crippen molar-refractivity contribution in [2.75, 3.05) is 0 Å². The standard InChI is InChI=1S/C21H20N4O2/c1-13-7-9-15(10-8-13)18-11-19(25(24-18)14(2)26)17-12-22-23-21(17)16-5-3-4-6-20(16)27/h3-10,12,19,27H,11H2,1-2H3,(H,22,23). The van der Waals surface area contributed by atoms with E-state index in [0.29, 0.717) is 17.7 Å². The molecule has 6 nitrogen and oxygen atoms in total. The lowest BCUT2D eigenvalue weighted by atomic mass is 9.96. The Morgan fingerprint density at radius 3 is 2.63 bits per heavy atom. The molecule has 2 aromatic carbocycles. The van der Waals surface area contributed by atoms with E-state index < -0.39 is 0 Å². The summed E-state index contributed by atoms with van der Waals surface area (Å²) < 4.78 is 0. The van der Waals surface area contributed by atoms with Gasteiger partial charge in [-0.2, -0.15) is 10.2 Å². The van der Waals surface area contributed by atoms with Crippen LogP contribution in [0.15, 0.2) is 59.8 Å². The molecule has 0 bridgehead atoms. The molecule has 1 aliphatic rings. The number of rotatable bonds is 3. The largest absolute Gasteiger partial charge is 0.507 e. The summed E-state index contributed by atoms with van der Waals surface area (Å²) in [6, 6.07) is 14.9. The monoisotopic (exact) mass is 360 g/mol. The highest BCUT2D eigenvalue weighted by molar-refractivity contribution is 6.03. The molecule has 1 unspecified atom stereocenters. The smallest absolute Gasteiger partial charge is 0.240 e. The fraction of sp³-hybridized carbons (Fsp3) is 0.190. The minimum absolute atomic E-state index is 0.133. The lowest BCUT2D eigenvalue weighted by molar-refractivity contribution is -0.130. The van der Waals surface area contributed by atoms with Gasteiger partial charge in [-0.05, 0) is 24.6 Å². The highest BCUT2D eigenvalue weighted by Gasteiger charge is 2.34. The van der Waals surface area contributed by atoms with Crippen LogP contribution < -0.4 is 0 Å². The Kier molecular flexibility index (Phi) is 4.24. The zero-order valence-electron chi connectivity index (χ0n) is 15.2. The van der Waals surface area contributed by atoms with Crippen LogP contribution in [-0.2, 0) is 4.79 Å². The average molecular weight is 360 g/mol. The van der Waals surface area contributed by atoms with Gasteiger partial charge in [0.1, 0.15) is 5.75 Å². The fourth-order valence-electron chi connectivity index (χ4n) is 3.41. The molecule has 1 aromatic heterocycles. The van der Waals surface area contributed by atoms with Crippen molar-refractivity contribution in [3.05, 3.63) is 71.4 Å². The van der Waals surface area contributed by atoms with Crippen molar-refractivity contribution in [2.45, 2.75) is 26.3 Å². The number of aromatic nitrogens is 2. The van der Waals surface area contributed by atoms with Gasteiger partial charge in [0.15, 0.2) is 0 Å². The summed E-state index contributed by atoms with van der Waals surface area (Å²) >= 11 is 0. The number of H-pyrrole nitrogens is 1. The van der Waals surface area contributed by atoms with E-state index in [1.807, 2.05) is 43.3 Å². The van der Waals surface area contributed by atoms with Crippen LogP contribution in [0.4, 0.5) is 0 Å². The maximum absolute atomic E-state index is 12.2. The van der Waals surface area contributed by atoms with Crippen molar-refractivity contribution in [2.24, 2.45) is 5.10 Å². The van der Waals surface area contributed by atoms with Gasteiger partial charge in [-0.1, -0.05) is 42.0 Å². The van der Waals surface area contributed by atoms with E-state index in [4.69, 9.17) is 0 Å². The number of carbonyl (C=O) groups excluding carboxylic acids is 1. The molecule has 136 valence electrons. The van der Waals surface area contributed by atoms with E-state index in [9.17, 15) is 9.90 Å². The molecule has 1 aliphatic heterocycles. The van der Waals surface area contributed by atoms with E-state index >= 15 is 0 Å². The normalized spacial score (nSPS) is 16.4. The molecule has 4 rings (SSSR count). The quantitative estimate of drug-likeness (QED) is 0.746. The van der Waals surface area contributed by atoms with Crippen molar-refractivity contribution >= 4 is 11.6 Å². The highest BCUT2D eigenvalue weighted by atomic mass is 16.3. The molecule has 2 heterocycles. The number of phenolic OH excluding ortho intramolecular Hbond substituents is 1. The van der Waals surface area contributed by atoms with E-state index in [-0.39, 0.29) is 17.7 Å². The van der Waals surface area contributed by atoms with Crippen LogP contribution in [0.2, 0.25) is 0 Å². The Morgan fingerprint density at radius 1 is 1.19 bits per heavy atom. The minimum Gasteiger partial charge on any atom is -0.507 e. The van der Waals surface area contributed by atoms with Gasteiger partial charge in [-0.3, -0.25) is 9.89 Å². The van der Waals surface area contributed by atoms with Crippen molar-refractivity contribution in [3.8, 4) is 17.0 Å². The van der Waals surface area contributed by atoms with Crippen molar-refractivity contribution < 1.29 is 9.90 Å². The summed E-state index contributed by atoms with van der Waals surface area (Å²) in [7, 11) is 0. The van der Waals surface area contributed by atoms with E-state index in [1.165, 1.54) is 17.5 Å². The van der Waals surface area contributed by atoms with E-state index in [2.05, 4.69) is 15.3 Å². The van der Waals surface area contributed by atoms with Gasteiger partial charge in [0.25, 0.3) is 0 Å². The first-order valence-corrected chi connectivity index (χ1v) is 8.80. The number of aryl methyl sites for hydroxylation is 1. The number of benzene rings is 2. The van der Waals surface area contributed by atoms with Gasteiger partial charge in [0, 0.05) is 24.5 Å². The summed E-state index contributed by atoms with van der Waals surface area (Å²) in [6.45, 7) is 3.54. The minimum atomic E-state index is -0.271. The first kappa shape index (κ1) is 17.0. The molecule has 3 aromatic rings. The lowest BCUT2D eigenvalue weighted by Gasteiger charge is -2.20. The number of hydrazone groups is 1. The molecule has 0 saturated carbocycles. The predicted octanol–water partition coefficient (Wildman–Crippen LogP) is 3.79. The molecule has 0 aliphatic carbocycles. The zero-order valence-corrected chi connectivity index (χ0v) is 15.2. The summed E-state index contributed by atoms with van der Waals surface area (Å²) in [6.07, 6.45) is 2.29. The van der Waals surface area contributed by atoms with Gasteiger partial charge in [-0.15, -0.1) is 0 Å². The number of carbonyl (C=O) groups is 1. The van der Waals surface area contributed by atoms with Crippen LogP contribution in [0.25, 0.3) is 11.3 Å². The first-order chi connectivity index (χ1) is 13.0. The molecule has 0 radical (unpaired) electrons. The maximum Gasteiger partial charge on any atom is 0.240 e. The molecule has 1 amide bonds. The average Bonchev–Trinajstić information content (AvgIpc) is 3.29. The number of aromatic hydroxyl groups is 1. The Morgan fingerprint density at radius 2 is 1.93 bits per heavy atom. The third-order valence-electron chi connectivity index (χ3n) is 4.82. The van der Waals surface area contributed by atoms with E-state index in [1.54, 1.807) is 18.3 Å². The highest BCUT2D eigenvalue weighted by Crippen LogP contribution is 2.39. The lowest BCUT2D eigenvalue weighted by Crippen LogP contribution is -2.24. The summed E-state index contributed by atoms with van der Waals surface area (Å²) in [5.74, 6) is 0.0293. The number of hydrogen-bond acceptors (Lipinski definition) is 4. The Labute approximate surface area is 157 Å². The van der Waals surface area contributed by atoms with Gasteiger partial charge >= 0.3 is 0 Å². The van der Waals surface area contributed by atoms with Crippen LogP contribution in [0.3, 0.4) is 0 Å². The van der Waals surface area contributed by atoms with Gasteiger partial charge in [0.2, 0.25) is 5.91 Å². The number of aromatic amines is 1. The molecular formula is C21H20N4O2. The number of amides is 1. The third-order valence-corrected chi connectivity index (χ3v) is 4.82. The fourth-order valence-corrected chi connectivity index (χ4v) is 3.41. The van der Waals surface area contributed by atoms with Crippen LogP contribution in [0.5, 0.6) is 5.75 Å². The summed E-state index contributed by atoms with van der Waals surface area (Å²) in [5.41, 5.74) is 5.22. The van der Waals surface area contributed by atoms with Crippen LogP contribution in [0.1, 0.15) is 36.1 Å². The SMILES string of the molecule is CC(=O)N1N=C(c2ccc(C)cc2)CC1c1cn[nH]c1-c1ccccc1O. The molecular weight excluding hydrogens is 340 g/mol. The van der Waals surface area contributed by atoms with Crippen molar-refractivity contribution in [1.29, 1.82) is 0 Å². The molecule has 0 saturated heterocycles. The predicted molar refractivity (Wildman–Crippen MR) is 103 cm³/mol. The van der Waals surface area contributed by atoms with Gasteiger partial charge in [0.05, 0.1) is 23.6 Å². The van der Waals surface area contributed by atoms with Crippen LogP contribution in [-0.4, -0.2) is 31.9 Å². The van der Waals surface area contributed by atoms with Crippen LogP contribution in [0, 0.1) is 6.92 Å². The maximum atomic E-state index is 12.2. The van der Waals surface area contributed by atoms with Crippen LogP contribution >= 0.6 is 0 Å². The zero-order chi connectivity index (χ0) is 19.0. The Hall–Kier alpha value is -3.41. The summed E-state index contributed by atoms with van der Waals surface area (Å²) in [5, 5.41) is 23.4. The van der Waals surface area contributed by atoms with Crippen molar-refractivity contribution in [1.82, 2.24) is 15.2 Å². The molecule has 27 heavy (non-hydrogen) atoms. The molecule has 0 spiro atoms. The number of hydrogen-bond donors (Lipinski definition) is 2. The number of phenols is 1. The Balaban J connectivity index is 1.73. The van der Waals surface area contributed by atoms with E-state index in [0.717, 1.165) is 16.8 Å². The Bertz CT molecular complexity index is 1020. The number of nitrogens with one attached hydrogen (secondary N) is 1. The first-order valence-electron chi connectivity index (χ1n) is 8.80.